The molecule has 0 saturated heterocycles. The van der Waals surface area contributed by atoms with Crippen LogP contribution in [-0.4, -0.2) is 70.9 Å². The number of aromatic nitrogens is 2. The fourth-order valence-corrected chi connectivity index (χ4v) is 8.39. The first-order chi connectivity index (χ1) is 26.8. The number of pyridine rings is 1. The number of aromatic amines is 1. The van der Waals surface area contributed by atoms with Gasteiger partial charge in [0.15, 0.2) is 0 Å². The van der Waals surface area contributed by atoms with E-state index in [0.29, 0.717) is 56.8 Å². The minimum atomic E-state index is -0.904. The summed E-state index contributed by atoms with van der Waals surface area (Å²) in [7, 11) is 1.64. The number of fused-ring (bicyclic) bond motifs is 3. The van der Waals surface area contributed by atoms with Crippen molar-refractivity contribution in [1.29, 1.82) is 0 Å². The van der Waals surface area contributed by atoms with Crippen LogP contribution >= 0.6 is 23.4 Å². The number of carbonyl (C=O) groups excluding carboxylic acids is 3. The minimum Gasteiger partial charge on any atom is -0.361 e. The molecule has 3 amide bonds. The Labute approximate surface area is 331 Å². The summed E-state index contributed by atoms with van der Waals surface area (Å²) >= 11 is 8.63. The molecule has 0 unspecified atom stereocenters. The summed E-state index contributed by atoms with van der Waals surface area (Å²) in [5, 5.41) is 11.2. The van der Waals surface area contributed by atoms with E-state index in [1.165, 1.54) is 16.7 Å². The molecule has 1 aliphatic heterocycles. The van der Waals surface area contributed by atoms with E-state index in [0.717, 1.165) is 48.5 Å². The van der Waals surface area contributed by atoms with Crippen molar-refractivity contribution < 1.29 is 14.4 Å². The van der Waals surface area contributed by atoms with Crippen LogP contribution in [-0.2, 0) is 33.9 Å². The lowest BCUT2D eigenvalue weighted by Gasteiger charge is -2.32. The number of para-hydroxylation sites is 1. The van der Waals surface area contributed by atoms with Gasteiger partial charge in [-0.1, -0.05) is 59.8 Å². The van der Waals surface area contributed by atoms with E-state index in [9.17, 15) is 14.4 Å². The molecule has 5 aromatic rings. The second-order valence-electron chi connectivity index (χ2n) is 13.8. The van der Waals surface area contributed by atoms with Gasteiger partial charge in [-0.05, 0) is 109 Å². The molecule has 288 valence electrons. The largest absolute Gasteiger partial charge is 0.361 e. The lowest BCUT2D eigenvalue weighted by molar-refractivity contribution is -0.142. The highest BCUT2D eigenvalue weighted by molar-refractivity contribution is 7.99. The first kappa shape index (κ1) is 40.0. The number of likely N-dealkylation sites (N-methyl/N-ethyl adjacent to an activating group) is 1. The molecule has 3 atom stereocenters. The number of hydrogen-bond donors (Lipinski definition) is 6. The van der Waals surface area contributed by atoms with E-state index in [-0.39, 0.29) is 30.7 Å². The first-order valence-corrected chi connectivity index (χ1v) is 20.0. The number of amides is 3. The van der Waals surface area contributed by atoms with Gasteiger partial charge < -0.3 is 37.3 Å². The Balaban J connectivity index is 1.44. The molecule has 0 fully saturated rings. The summed E-state index contributed by atoms with van der Waals surface area (Å²) in [6.07, 6.45) is 8.38. The van der Waals surface area contributed by atoms with Crippen molar-refractivity contribution >= 4 is 52.0 Å². The number of rotatable bonds is 10. The molecule has 13 heteroatoms. The average molecular weight is 781 g/mol. The van der Waals surface area contributed by atoms with Gasteiger partial charge in [0, 0.05) is 65.8 Å². The van der Waals surface area contributed by atoms with E-state index in [4.69, 9.17) is 23.1 Å². The molecule has 6 rings (SSSR count). The number of nitrogens with one attached hydrogen (secondary N) is 4. The number of benzene rings is 3. The van der Waals surface area contributed by atoms with E-state index in [1.54, 1.807) is 19.4 Å². The van der Waals surface area contributed by atoms with Gasteiger partial charge in [-0.15, -0.1) is 0 Å². The molecule has 1 aliphatic rings. The molecule has 3 heterocycles. The van der Waals surface area contributed by atoms with Crippen molar-refractivity contribution in [3.05, 3.63) is 113 Å². The molecule has 0 bridgehead atoms. The summed E-state index contributed by atoms with van der Waals surface area (Å²) < 4.78 is 0. The van der Waals surface area contributed by atoms with Crippen LogP contribution in [0.4, 0.5) is 0 Å². The fourth-order valence-electron chi connectivity index (χ4n) is 6.98. The van der Waals surface area contributed by atoms with Crippen LogP contribution in [0.15, 0.2) is 101 Å². The lowest BCUT2D eigenvalue weighted by Crippen LogP contribution is -2.57. The smallest absolute Gasteiger partial charge is 0.245 e. The summed E-state index contributed by atoms with van der Waals surface area (Å²) in [6, 6.07) is 21.3. The number of nitrogens with zero attached hydrogens (tertiary/aromatic N) is 2. The van der Waals surface area contributed by atoms with Gasteiger partial charge in [-0.25, -0.2) is 0 Å². The zero-order chi connectivity index (χ0) is 38.7. The van der Waals surface area contributed by atoms with E-state index in [2.05, 4.69) is 25.9 Å². The van der Waals surface area contributed by atoms with Gasteiger partial charge in [0.05, 0.1) is 11.1 Å². The Kier molecular flexibility index (Phi) is 14.0. The Morgan fingerprint density at radius 2 is 1.58 bits per heavy atom. The van der Waals surface area contributed by atoms with E-state index >= 15 is 0 Å². The molecule has 0 radical (unpaired) electrons. The Morgan fingerprint density at radius 3 is 2.38 bits per heavy atom. The monoisotopic (exact) mass is 780 g/mol. The standard InChI is InChI=1S/C42H49ClN8O3S/c1-51-37(23-30-25-47-34-11-4-3-10-32(30)34)41(53)49-26-31-21-29(27-15-19-46-20-16-27)22-33(43)39(31)55-38-14-5-2-9-28(38)24-48-35(13-8-18-45)40(52)50-36(42(51)54)12-6-7-17-44/h2-5,9-11,14-16,19-22,25,35-37,47-48H,6-8,12-13,17-18,23-24,26,44-45H2,1H3,(H,49,53)(H,50,52)/t35-,36-,37-/m0/s1. The van der Waals surface area contributed by atoms with Crippen molar-refractivity contribution in [3.63, 3.8) is 0 Å². The molecule has 3 aromatic carbocycles. The van der Waals surface area contributed by atoms with Gasteiger partial charge in [-0.3, -0.25) is 19.4 Å². The molecular weight excluding hydrogens is 732 g/mol. The number of hydrogen-bond acceptors (Lipinski definition) is 8. The predicted molar refractivity (Wildman–Crippen MR) is 219 cm³/mol. The summed E-state index contributed by atoms with van der Waals surface area (Å²) in [6.45, 7) is 1.43. The number of carbonyl (C=O) groups is 3. The second-order valence-corrected chi connectivity index (χ2v) is 15.3. The second kappa shape index (κ2) is 19.2. The summed E-state index contributed by atoms with van der Waals surface area (Å²) in [5.41, 5.74) is 17.2. The molecule has 0 spiro atoms. The van der Waals surface area contributed by atoms with Gasteiger partial charge in [0.25, 0.3) is 0 Å². The third-order valence-corrected chi connectivity index (χ3v) is 11.8. The topological polar surface area (TPSA) is 171 Å². The van der Waals surface area contributed by atoms with Crippen LogP contribution in [0.2, 0.25) is 5.02 Å². The number of nitrogens with two attached hydrogens (primary N) is 2. The lowest BCUT2D eigenvalue weighted by atomic mass is 10.0. The van der Waals surface area contributed by atoms with Crippen LogP contribution in [0.1, 0.15) is 48.8 Å². The highest BCUT2D eigenvalue weighted by atomic mass is 35.5. The maximum Gasteiger partial charge on any atom is 0.245 e. The maximum absolute atomic E-state index is 14.5. The van der Waals surface area contributed by atoms with Crippen molar-refractivity contribution in [2.24, 2.45) is 11.5 Å². The van der Waals surface area contributed by atoms with Gasteiger partial charge in [0.1, 0.15) is 12.1 Å². The molecule has 8 N–H and O–H groups in total. The van der Waals surface area contributed by atoms with Crippen LogP contribution in [0, 0.1) is 0 Å². The SMILES string of the molecule is CN1C(=O)[C@H](CCCCN)NC(=O)[C@H](CCCN)NCc2ccccc2Sc2c(Cl)cc(-c3ccncc3)cc2CNC(=O)[C@@H]1Cc1c[nH]c2ccccc12. The van der Waals surface area contributed by atoms with Crippen LogP contribution in [0.5, 0.6) is 0 Å². The first-order valence-electron chi connectivity index (χ1n) is 18.8. The highest BCUT2D eigenvalue weighted by Gasteiger charge is 2.34. The summed E-state index contributed by atoms with van der Waals surface area (Å²) in [5.74, 6) is -0.976. The number of H-pyrrole nitrogens is 1. The number of halogens is 1. The molecule has 55 heavy (non-hydrogen) atoms. The Morgan fingerprint density at radius 1 is 0.836 bits per heavy atom. The molecule has 2 aromatic heterocycles. The predicted octanol–water partition coefficient (Wildman–Crippen LogP) is 5.54. The van der Waals surface area contributed by atoms with Gasteiger partial charge in [0.2, 0.25) is 17.7 Å². The number of unbranched alkanes of at least 4 members (excludes halogenated alkanes) is 1. The normalized spacial score (nSPS) is 18.7. The quantitative estimate of drug-likeness (QED) is 0.100. The van der Waals surface area contributed by atoms with Crippen LogP contribution < -0.4 is 27.4 Å². The van der Waals surface area contributed by atoms with Gasteiger partial charge >= 0.3 is 0 Å². The zero-order valence-electron chi connectivity index (χ0n) is 31.0. The molecule has 0 aliphatic carbocycles. The summed E-state index contributed by atoms with van der Waals surface area (Å²) in [4.78, 5) is 53.8. The van der Waals surface area contributed by atoms with Crippen molar-refractivity contribution in [2.75, 3.05) is 20.1 Å². The Hall–Kier alpha value is -4.72. The van der Waals surface area contributed by atoms with E-state index in [1.807, 2.05) is 79.0 Å². The van der Waals surface area contributed by atoms with Crippen LogP contribution in [0.25, 0.3) is 22.0 Å². The van der Waals surface area contributed by atoms with Crippen molar-refractivity contribution in [1.82, 2.24) is 30.8 Å². The molecular formula is C42H49ClN8O3S. The highest BCUT2D eigenvalue weighted by Crippen LogP contribution is 2.40. The minimum absolute atomic E-state index is 0.157. The Bertz CT molecular complexity index is 2090. The van der Waals surface area contributed by atoms with E-state index < -0.39 is 18.1 Å². The third-order valence-electron chi connectivity index (χ3n) is 10.1. The average Bonchev–Trinajstić information content (AvgIpc) is 3.62. The molecule has 0 saturated carbocycles. The van der Waals surface area contributed by atoms with Gasteiger partial charge in [-0.2, -0.15) is 0 Å². The molecule has 11 nitrogen and oxygen atoms in total. The maximum atomic E-state index is 14.5. The van der Waals surface area contributed by atoms with Crippen molar-refractivity contribution in [2.45, 2.75) is 79.5 Å². The van der Waals surface area contributed by atoms with Crippen LogP contribution in [0.3, 0.4) is 0 Å². The fraction of sp³-hybridized carbons (Fsp3) is 0.333. The zero-order valence-corrected chi connectivity index (χ0v) is 32.6. The van der Waals surface area contributed by atoms with Crippen molar-refractivity contribution in [3.8, 4) is 11.1 Å². The third kappa shape index (κ3) is 9.94.